The van der Waals surface area contributed by atoms with Gasteiger partial charge in [-0.25, -0.2) is 0 Å². The van der Waals surface area contributed by atoms with Crippen LogP contribution in [0, 0.1) is 6.92 Å². The van der Waals surface area contributed by atoms with Gasteiger partial charge in [0.1, 0.15) is 0 Å². The standard InChI is InChI=1S/C32H36N2/c1-4-33(5-2)30-17-19-34(20-18-30)32-23-28(22-29-21-24(3)11-16-31(29)32)27-14-12-26(13-15-27)25-9-7-6-8-10-25/h6-16,21-23,30H,4-5,17-20H2,1-3H3. The maximum Gasteiger partial charge on any atom is 0.0452 e. The number of hydrogen-bond donors (Lipinski definition) is 0. The zero-order valence-electron chi connectivity index (χ0n) is 20.8. The molecule has 0 spiro atoms. The third kappa shape index (κ3) is 4.60. The molecule has 0 unspecified atom stereocenters. The summed E-state index contributed by atoms with van der Waals surface area (Å²) >= 11 is 0. The van der Waals surface area contributed by atoms with Crippen molar-refractivity contribution in [1.82, 2.24) is 4.90 Å². The van der Waals surface area contributed by atoms with E-state index in [0.29, 0.717) is 6.04 Å². The van der Waals surface area contributed by atoms with Crippen LogP contribution in [0.2, 0.25) is 0 Å². The Labute approximate surface area is 204 Å². The van der Waals surface area contributed by atoms with E-state index in [1.54, 1.807) is 0 Å². The molecule has 0 saturated carbocycles. The van der Waals surface area contributed by atoms with Crippen molar-refractivity contribution in [2.75, 3.05) is 31.1 Å². The summed E-state index contributed by atoms with van der Waals surface area (Å²) in [7, 11) is 0. The van der Waals surface area contributed by atoms with Crippen LogP contribution in [0.3, 0.4) is 0 Å². The average Bonchev–Trinajstić information content (AvgIpc) is 2.89. The van der Waals surface area contributed by atoms with Crippen molar-refractivity contribution in [3.8, 4) is 22.3 Å². The van der Waals surface area contributed by atoms with Gasteiger partial charge in [-0.05, 0) is 72.6 Å². The number of aryl methyl sites for hydroxylation is 1. The van der Waals surface area contributed by atoms with Crippen LogP contribution in [-0.2, 0) is 0 Å². The fourth-order valence-corrected chi connectivity index (χ4v) is 5.60. The first kappa shape index (κ1) is 22.7. The van der Waals surface area contributed by atoms with Gasteiger partial charge in [0, 0.05) is 30.2 Å². The first-order chi connectivity index (χ1) is 16.7. The van der Waals surface area contributed by atoms with Crippen molar-refractivity contribution in [3.63, 3.8) is 0 Å². The molecule has 0 amide bonds. The Morgan fingerprint density at radius 1 is 0.706 bits per heavy atom. The van der Waals surface area contributed by atoms with Crippen molar-refractivity contribution >= 4 is 16.5 Å². The van der Waals surface area contributed by atoms with Crippen LogP contribution >= 0.6 is 0 Å². The predicted octanol–water partition coefficient (Wildman–Crippen LogP) is 7.79. The van der Waals surface area contributed by atoms with E-state index < -0.39 is 0 Å². The number of hydrogen-bond acceptors (Lipinski definition) is 2. The van der Waals surface area contributed by atoms with Gasteiger partial charge in [0.2, 0.25) is 0 Å². The zero-order chi connectivity index (χ0) is 23.5. The molecule has 5 rings (SSSR count). The second kappa shape index (κ2) is 10.0. The Kier molecular flexibility index (Phi) is 6.69. The summed E-state index contributed by atoms with van der Waals surface area (Å²) in [6, 6.07) is 32.1. The van der Waals surface area contributed by atoms with E-state index in [0.717, 1.165) is 26.2 Å². The number of fused-ring (bicyclic) bond motifs is 1. The maximum atomic E-state index is 2.63. The van der Waals surface area contributed by atoms with Crippen molar-refractivity contribution in [3.05, 3.63) is 90.5 Å². The molecule has 0 radical (unpaired) electrons. The number of anilines is 1. The van der Waals surface area contributed by atoms with E-state index in [-0.39, 0.29) is 0 Å². The van der Waals surface area contributed by atoms with Gasteiger partial charge in [0.25, 0.3) is 0 Å². The normalized spacial score (nSPS) is 14.8. The van der Waals surface area contributed by atoms with E-state index in [1.165, 1.54) is 57.1 Å². The van der Waals surface area contributed by atoms with Gasteiger partial charge in [-0.1, -0.05) is 92.2 Å². The van der Waals surface area contributed by atoms with Gasteiger partial charge >= 0.3 is 0 Å². The van der Waals surface area contributed by atoms with Gasteiger partial charge in [-0.2, -0.15) is 0 Å². The fourth-order valence-electron chi connectivity index (χ4n) is 5.60. The second-order valence-corrected chi connectivity index (χ2v) is 9.60. The molecule has 2 nitrogen and oxygen atoms in total. The SMILES string of the molecule is CCN(CC)C1CCN(c2cc(-c3ccc(-c4ccccc4)cc3)cc3cc(C)ccc23)CC1. The summed E-state index contributed by atoms with van der Waals surface area (Å²) in [5, 5.41) is 2.71. The topological polar surface area (TPSA) is 6.48 Å². The molecular weight excluding hydrogens is 412 g/mol. The van der Waals surface area contributed by atoms with Gasteiger partial charge in [0.15, 0.2) is 0 Å². The molecule has 1 saturated heterocycles. The zero-order valence-corrected chi connectivity index (χ0v) is 20.8. The van der Waals surface area contributed by atoms with Gasteiger partial charge in [-0.15, -0.1) is 0 Å². The van der Waals surface area contributed by atoms with Gasteiger partial charge in [0.05, 0.1) is 0 Å². The molecule has 0 bridgehead atoms. The molecule has 1 fully saturated rings. The van der Waals surface area contributed by atoms with E-state index in [4.69, 9.17) is 0 Å². The molecule has 174 valence electrons. The Morgan fingerprint density at radius 3 is 1.97 bits per heavy atom. The second-order valence-electron chi connectivity index (χ2n) is 9.60. The predicted molar refractivity (Wildman–Crippen MR) is 148 cm³/mol. The molecule has 2 heteroatoms. The lowest BCUT2D eigenvalue weighted by atomic mass is 9.95. The van der Waals surface area contributed by atoms with E-state index >= 15 is 0 Å². The van der Waals surface area contributed by atoms with Crippen LogP contribution in [0.15, 0.2) is 84.9 Å². The van der Waals surface area contributed by atoms with Crippen molar-refractivity contribution < 1.29 is 0 Å². The quantitative estimate of drug-likeness (QED) is 0.297. The van der Waals surface area contributed by atoms with E-state index in [1.807, 2.05) is 0 Å². The number of rotatable bonds is 6. The van der Waals surface area contributed by atoms with Crippen molar-refractivity contribution in [1.29, 1.82) is 0 Å². The monoisotopic (exact) mass is 448 g/mol. The number of nitrogens with zero attached hydrogens (tertiary/aromatic N) is 2. The molecule has 1 aliphatic heterocycles. The molecular formula is C32H36N2. The minimum Gasteiger partial charge on any atom is -0.371 e. The molecule has 34 heavy (non-hydrogen) atoms. The highest BCUT2D eigenvalue weighted by molar-refractivity contribution is 5.98. The molecule has 0 atom stereocenters. The lowest BCUT2D eigenvalue weighted by Gasteiger charge is -2.39. The first-order valence-electron chi connectivity index (χ1n) is 12.9. The summed E-state index contributed by atoms with van der Waals surface area (Å²) < 4.78 is 0. The molecule has 1 heterocycles. The fraction of sp³-hybridized carbons (Fsp3) is 0.312. The molecule has 0 N–H and O–H groups in total. The van der Waals surface area contributed by atoms with Crippen LogP contribution < -0.4 is 4.90 Å². The maximum absolute atomic E-state index is 2.63. The third-order valence-corrected chi connectivity index (χ3v) is 7.55. The minimum absolute atomic E-state index is 0.716. The van der Waals surface area contributed by atoms with Crippen LogP contribution in [-0.4, -0.2) is 37.1 Å². The highest BCUT2D eigenvalue weighted by Gasteiger charge is 2.24. The van der Waals surface area contributed by atoms with Crippen LogP contribution in [0.25, 0.3) is 33.0 Å². The minimum atomic E-state index is 0.716. The summed E-state index contributed by atoms with van der Waals surface area (Å²) in [5.41, 5.74) is 7.81. The molecule has 4 aromatic carbocycles. The lowest BCUT2D eigenvalue weighted by molar-refractivity contribution is 0.186. The molecule has 4 aromatic rings. The smallest absolute Gasteiger partial charge is 0.0452 e. The Balaban J connectivity index is 1.48. The Hall–Kier alpha value is -3.10. The number of benzene rings is 4. The summed E-state index contributed by atoms with van der Waals surface area (Å²) in [6.07, 6.45) is 2.48. The third-order valence-electron chi connectivity index (χ3n) is 7.55. The van der Waals surface area contributed by atoms with Crippen LogP contribution in [0.5, 0.6) is 0 Å². The highest BCUT2D eigenvalue weighted by Crippen LogP contribution is 2.36. The summed E-state index contributed by atoms with van der Waals surface area (Å²) in [5.74, 6) is 0. The summed E-state index contributed by atoms with van der Waals surface area (Å²) in [6.45, 7) is 11.3. The molecule has 1 aliphatic rings. The Bertz CT molecular complexity index is 1230. The summed E-state index contributed by atoms with van der Waals surface area (Å²) in [4.78, 5) is 5.25. The van der Waals surface area contributed by atoms with Crippen molar-refractivity contribution in [2.45, 2.75) is 39.7 Å². The largest absolute Gasteiger partial charge is 0.371 e. The highest BCUT2D eigenvalue weighted by atomic mass is 15.2. The van der Waals surface area contributed by atoms with E-state index in [2.05, 4.69) is 116 Å². The van der Waals surface area contributed by atoms with Gasteiger partial charge < -0.3 is 9.80 Å². The molecule has 0 aromatic heterocycles. The van der Waals surface area contributed by atoms with Gasteiger partial charge in [-0.3, -0.25) is 0 Å². The average molecular weight is 449 g/mol. The van der Waals surface area contributed by atoms with Crippen molar-refractivity contribution in [2.24, 2.45) is 0 Å². The number of piperidine rings is 1. The van der Waals surface area contributed by atoms with E-state index in [9.17, 15) is 0 Å². The lowest BCUT2D eigenvalue weighted by Crippen LogP contribution is -2.44. The van der Waals surface area contributed by atoms with Crippen LogP contribution in [0.1, 0.15) is 32.3 Å². The first-order valence-corrected chi connectivity index (χ1v) is 12.9. The van der Waals surface area contributed by atoms with Crippen LogP contribution in [0.4, 0.5) is 5.69 Å². The molecule has 0 aliphatic carbocycles. The Morgan fingerprint density at radius 2 is 1.32 bits per heavy atom.